The zero-order chi connectivity index (χ0) is 13.7. The summed E-state index contributed by atoms with van der Waals surface area (Å²) in [6.07, 6.45) is 3.17. The predicted molar refractivity (Wildman–Crippen MR) is 71.5 cm³/mol. The van der Waals surface area contributed by atoms with Crippen LogP contribution in [0.4, 0.5) is 0 Å². The fourth-order valence-corrected chi connectivity index (χ4v) is 2.70. The number of phenols is 1. The molecule has 2 rings (SSSR count). The molecule has 0 unspecified atom stereocenters. The minimum absolute atomic E-state index is 0.0485. The van der Waals surface area contributed by atoms with Crippen LogP contribution in [0, 0.1) is 5.92 Å². The summed E-state index contributed by atoms with van der Waals surface area (Å²) in [7, 11) is -3.48. The van der Waals surface area contributed by atoms with E-state index in [0.717, 1.165) is 12.5 Å². The molecule has 0 spiro atoms. The van der Waals surface area contributed by atoms with E-state index in [-0.39, 0.29) is 10.6 Å². The summed E-state index contributed by atoms with van der Waals surface area (Å²) in [4.78, 5) is 0.157. The van der Waals surface area contributed by atoms with Crippen molar-refractivity contribution in [1.82, 2.24) is 4.72 Å². The molecule has 0 aromatic heterocycles. The Morgan fingerprint density at radius 2 is 1.95 bits per heavy atom. The molecule has 19 heavy (non-hydrogen) atoms. The first kappa shape index (κ1) is 14.3. The molecule has 5 nitrogen and oxygen atoms in total. The van der Waals surface area contributed by atoms with E-state index >= 15 is 0 Å². The van der Waals surface area contributed by atoms with E-state index in [9.17, 15) is 8.42 Å². The van der Waals surface area contributed by atoms with E-state index in [1.54, 1.807) is 0 Å². The summed E-state index contributed by atoms with van der Waals surface area (Å²) < 4.78 is 31.7. The molecule has 0 atom stereocenters. The van der Waals surface area contributed by atoms with E-state index in [2.05, 4.69) is 4.72 Å². The lowest BCUT2D eigenvalue weighted by molar-refractivity contribution is 0.123. The Morgan fingerprint density at radius 1 is 1.26 bits per heavy atom. The van der Waals surface area contributed by atoms with Crippen LogP contribution in [0.3, 0.4) is 0 Å². The van der Waals surface area contributed by atoms with E-state index < -0.39 is 10.0 Å². The first-order valence-electron chi connectivity index (χ1n) is 6.44. The van der Waals surface area contributed by atoms with Gasteiger partial charge in [0, 0.05) is 19.8 Å². The van der Waals surface area contributed by atoms with Gasteiger partial charge in [-0.25, -0.2) is 13.1 Å². The normalized spacial score (nSPS) is 15.6. The summed E-state index contributed by atoms with van der Waals surface area (Å²) in [6.45, 7) is 1.73. The quantitative estimate of drug-likeness (QED) is 0.710. The highest BCUT2D eigenvalue weighted by molar-refractivity contribution is 7.89. The van der Waals surface area contributed by atoms with Gasteiger partial charge in [0.25, 0.3) is 0 Å². The highest BCUT2D eigenvalue weighted by Crippen LogP contribution is 2.28. The average Bonchev–Trinajstić information content (AvgIpc) is 3.18. The van der Waals surface area contributed by atoms with Gasteiger partial charge in [-0.3, -0.25) is 0 Å². The van der Waals surface area contributed by atoms with Gasteiger partial charge in [-0.2, -0.15) is 0 Å². The molecular weight excluding hydrogens is 266 g/mol. The first-order valence-corrected chi connectivity index (χ1v) is 7.93. The Labute approximate surface area is 113 Å². The molecule has 1 aromatic rings. The molecule has 2 N–H and O–H groups in total. The third-order valence-electron chi connectivity index (χ3n) is 2.96. The summed E-state index contributed by atoms with van der Waals surface area (Å²) >= 11 is 0. The summed E-state index contributed by atoms with van der Waals surface area (Å²) in [5, 5.41) is 9.11. The molecule has 1 aliphatic rings. The smallest absolute Gasteiger partial charge is 0.240 e. The van der Waals surface area contributed by atoms with Crippen molar-refractivity contribution in [1.29, 1.82) is 0 Å². The number of ether oxygens (including phenoxy) is 1. The van der Waals surface area contributed by atoms with Crippen LogP contribution in [0.15, 0.2) is 29.2 Å². The van der Waals surface area contributed by atoms with Crippen LogP contribution in [-0.2, 0) is 14.8 Å². The van der Waals surface area contributed by atoms with Crippen molar-refractivity contribution < 1.29 is 18.3 Å². The standard InChI is InChI=1S/C13H19NO4S/c15-12-4-6-13(7-5-12)19(16,17)14-8-1-9-18-10-11-2-3-11/h4-7,11,14-15H,1-3,8-10H2. The number of rotatable bonds is 8. The maximum Gasteiger partial charge on any atom is 0.240 e. The van der Waals surface area contributed by atoms with Gasteiger partial charge in [0.2, 0.25) is 10.0 Å². The van der Waals surface area contributed by atoms with Crippen molar-refractivity contribution in [2.24, 2.45) is 5.92 Å². The molecule has 0 heterocycles. The fourth-order valence-electron chi connectivity index (χ4n) is 1.62. The molecule has 0 radical (unpaired) electrons. The Morgan fingerprint density at radius 3 is 2.58 bits per heavy atom. The zero-order valence-corrected chi connectivity index (χ0v) is 11.5. The van der Waals surface area contributed by atoms with Crippen molar-refractivity contribution in [3.63, 3.8) is 0 Å². The van der Waals surface area contributed by atoms with Gasteiger partial charge < -0.3 is 9.84 Å². The van der Waals surface area contributed by atoms with E-state index in [1.165, 1.54) is 37.1 Å². The van der Waals surface area contributed by atoms with Crippen molar-refractivity contribution in [2.75, 3.05) is 19.8 Å². The summed E-state index contributed by atoms with van der Waals surface area (Å²) in [5.74, 6) is 0.779. The maximum atomic E-state index is 11.9. The van der Waals surface area contributed by atoms with Crippen LogP contribution in [0.25, 0.3) is 0 Å². The second-order valence-electron chi connectivity index (χ2n) is 4.76. The molecule has 1 fully saturated rings. The monoisotopic (exact) mass is 285 g/mol. The van der Waals surface area contributed by atoms with Crippen LogP contribution in [0.5, 0.6) is 5.75 Å². The van der Waals surface area contributed by atoms with Gasteiger partial charge in [-0.15, -0.1) is 0 Å². The van der Waals surface area contributed by atoms with Crippen molar-refractivity contribution in [3.8, 4) is 5.75 Å². The maximum absolute atomic E-state index is 11.9. The lowest BCUT2D eigenvalue weighted by atomic mass is 10.3. The SMILES string of the molecule is O=S(=O)(NCCCOCC1CC1)c1ccc(O)cc1. The van der Waals surface area contributed by atoms with Gasteiger partial charge in [-0.05, 0) is 49.4 Å². The molecule has 1 aliphatic carbocycles. The molecule has 0 bridgehead atoms. The fraction of sp³-hybridized carbons (Fsp3) is 0.538. The highest BCUT2D eigenvalue weighted by Gasteiger charge is 2.20. The Hall–Kier alpha value is -1.11. The second-order valence-corrected chi connectivity index (χ2v) is 6.53. The number of hydrogen-bond donors (Lipinski definition) is 2. The van der Waals surface area contributed by atoms with Crippen molar-refractivity contribution in [2.45, 2.75) is 24.2 Å². The molecular formula is C13H19NO4S. The van der Waals surface area contributed by atoms with Gasteiger partial charge >= 0.3 is 0 Å². The third kappa shape index (κ3) is 4.81. The summed E-state index contributed by atoms with van der Waals surface area (Å²) in [5.41, 5.74) is 0. The highest BCUT2D eigenvalue weighted by atomic mass is 32.2. The first-order chi connectivity index (χ1) is 9.08. The van der Waals surface area contributed by atoms with Crippen LogP contribution >= 0.6 is 0 Å². The number of phenolic OH excluding ortho intramolecular Hbond substituents is 1. The zero-order valence-electron chi connectivity index (χ0n) is 10.7. The van der Waals surface area contributed by atoms with Crippen LogP contribution in [0.2, 0.25) is 0 Å². The van der Waals surface area contributed by atoms with Crippen LogP contribution in [0.1, 0.15) is 19.3 Å². The number of benzene rings is 1. The van der Waals surface area contributed by atoms with Crippen LogP contribution in [-0.4, -0.2) is 33.3 Å². The number of nitrogens with one attached hydrogen (secondary N) is 1. The van der Waals surface area contributed by atoms with Gasteiger partial charge in [0.05, 0.1) is 4.90 Å². The van der Waals surface area contributed by atoms with Crippen molar-refractivity contribution in [3.05, 3.63) is 24.3 Å². The minimum Gasteiger partial charge on any atom is -0.508 e. The van der Waals surface area contributed by atoms with E-state index in [1.807, 2.05) is 0 Å². The Kier molecular flexibility index (Phi) is 4.79. The molecule has 0 aliphatic heterocycles. The molecule has 106 valence electrons. The van der Waals surface area contributed by atoms with Gasteiger partial charge in [0.15, 0.2) is 0 Å². The topological polar surface area (TPSA) is 75.6 Å². The number of aromatic hydroxyl groups is 1. The number of sulfonamides is 1. The van der Waals surface area contributed by atoms with E-state index in [4.69, 9.17) is 9.84 Å². The minimum atomic E-state index is -3.48. The molecule has 1 saturated carbocycles. The Balaban J connectivity index is 1.69. The van der Waals surface area contributed by atoms with Gasteiger partial charge in [-0.1, -0.05) is 0 Å². The molecule has 6 heteroatoms. The second kappa shape index (κ2) is 6.36. The Bertz CT molecular complexity index is 494. The average molecular weight is 285 g/mol. The van der Waals surface area contributed by atoms with Crippen molar-refractivity contribution >= 4 is 10.0 Å². The van der Waals surface area contributed by atoms with Crippen LogP contribution < -0.4 is 4.72 Å². The largest absolute Gasteiger partial charge is 0.508 e. The molecule has 0 saturated heterocycles. The predicted octanol–water partition coefficient (Wildman–Crippen LogP) is 1.49. The number of hydrogen-bond acceptors (Lipinski definition) is 4. The lowest BCUT2D eigenvalue weighted by Gasteiger charge is -2.07. The third-order valence-corrected chi connectivity index (χ3v) is 4.43. The lowest BCUT2D eigenvalue weighted by Crippen LogP contribution is -2.25. The summed E-state index contributed by atoms with van der Waals surface area (Å²) in [6, 6.07) is 5.46. The molecule has 1 aromatic carbocycles. The van der Waals surface area contributed by atoms with Gasteiger partial charge in [0.1, 0.15) is 5.75 Å². The molecule has 0 amide bonds. The van der Waals surface area contributed by atoms with E-state index in [0.29, 0.717) is 19.6 Å².